The third kappa shape index (κ3) is 3.82. The molecule has 2 aliphatic rings. The molecule has 3 aromatic rings. The molecular formula is C25H22ClF3N2O. The SMILES string of the molecule is CC1CC12NCC(c1cccc(C(F)(F)F)c1)N2c1ccc(Oc2ccc(Cl)cc2)cc1. The van der Waals surface area contributed by atoms with Crippen LogP contribution in [-0.4, -0.2) is 12.2 Å². The molecule has 0 radical (unpaired) electrons. The van der Waals surface area contributed by atoms with E-state index in [-0.39, 0.29) is 11.7 Å². The second kappa shape index (κ2) is 7.71. The number of anilines is 1. The fraction of sp³-hybridized carbons (Fsp3) is 0.280. The van der Waals surface area contributed by atoms with Crippen LogP contribution in [0.25, 0.3) is 0 Å². The van der Waals surface area contributed by atoms with E-state index < -0.39 is 11.7 Å². The van der Waals surface area contributed by atoms with Gasteiger partial charge in [0.25, 0.3) is 0 Å². The first-order valence-corrected chi connectivity index (χ1v) is 10.9. The molecule has 1 saturated carbocycles. The quantitative estimate of drug-likeness (QED) is 0.454. The van der Waals surface area contributed by atoms with Crippen LogP contribution in [0.5, 0.6) is 11.5 Å². The topological polar surface area (TPSA) is 24.5 Å². The Kier molecular flexibility index (Phi) is 5.10. The molecule has 1 aliphatic carbocycles. The molecule has 32 heavy (non-hydrogen) atoms. The lowest BCUT2D eigenvalue weighted by Crippen LogP contribution is -2.40. The second-order valence-electron chi connectivity index (χ2n) is 8.47. The molecule has 1 heterocycles. The lowest BCUT2D eigenvalue weighted by atomic mass is 10.0. The molecule has 3 unspecified atom stereocenters. The molecule has 0 bridgehead atoms. The number of benzene rings is 3. The number of nitrogens with one attached hydrogen (secondary N) is 1. The number of halogens is 4. The molecule has 1 aliphatic heterocycles. The minimum atomic E-state index is -4.36. The fourth-order valence-electron chi connectivity index (χ4n) is 4.63. The van der Waals surface area contributed by atoms with E-state index in [9.17, 15) is 13.2 Å². The highest BCUT2D eigenvalue weighted by Crippen LogP contribution is 2.54. The third-order valence-corrected chi connectivity index (χ3v) is 6.63. The zero-order valence-electron chi connectivity index (χ0n) is 17.4. The van der Waals surface area contributed by atoms with Crippen molar-refractivity contribution in [3.8, 4) is 11.5 Å². The monoisotopic (exact) mass is 458 g/mol. The van der Waals surface area contributed by atoms with Gasteiger partial charge >= 0.3 is 6.18 Å². The highest BCUT2D eigenvalue weighted by atomic mass is 35.5. The van der Waals surface area contributed by atoms with Gasteiger partial charge in [0.2, 0.25) is 0 Å². The van der Waals surface area contributed by atoms with E-state index in [4.69, 9.17) is 16.3 Å². The summed E-state index contributed by atoms with van der Waals surface area (Å²) in [5.74, 6) is 1.76. The van der Waals surface area contributed by atoms with Crippen LogP contribution in [-0.2, 0) is 6.18 Å². The molecule has 5 rings (SSSR count). The van der Waals surface area contributed by atoms with Crippen molar-refractivity contribution in [3.05, 3.63) is 88.9 Å². The van der Waals surface area contributed by atoms with Gasteiger partial charge in [0.05, 0.1) is 17.3 Å². The second-order valence-corrected chi connectivity index (χ2v) is 8.91. The Bertz CT molecular complexity index is 1120. The number of hydrogen-bond acceptors (Lipinski definition) is 3. The molecule has 166 valence electrons. The van der Waals surface area contributed by atoms with Gasteiger partial charge in [-0.3, -0.25) is 5.32 Å². The van der Waals surface area contributed by atoms with Gasteiger partial charge in [-0.1, -0.05) is 30.7 Å². The Morgan fingerprint density at radius 3 is 2.22 bits per heavy atom. The summed E-state index contributed by atoms with van der Waals surface area (Å²) < 4.78 is 45.8. The summed E-state index contributed by atoms with van der Waals surface area (Å²) in [4.78, 5) is 2.24. The van der Waals surface area contributed by atoms with Crippen LogP contribution in [0.2, 0.25) is 5.02 Å². The average molecular weight is 459 g/mol. The standard InChI is InChI=1S/C25H22ClF3N2O/c1-16-14-24(16)30-15-23(17-3-2-4-18(13-17)25(27,28)29)31(24)20-7-11-22(12-8-20)32-21-9-5-19(26)6-10-21/h2-13,16,23,30H,14-15H2,1H3. The number of rotatable bonds is 4. The average Bonchev–Trinajstić information content (AvgIpc) is 3.25. The van der Waals surface area contributed by atoms with Crippen molar-refractivity contribution in [1.82, 2.24) is 5.32 Å². The van der Waals surface area contributed by atoms with Crippen molar-refractivity contribution < 1.29 is 17.9 Å². The summed E-state index contributed by atoms with van der Waals surface area (Å²) >= 11 is 5.92. The minimum Gasteiger partial charge on any atom is -0.457 e. The van der Waals surface area contributed by atoms with Gasteiger partial charge in [-0.25, -0.2) is 0 Å². The van der Waals surface area contributed by atoms with Crippen molar-refractivity contribution in [1.29, 1.82) is 0 Å². The van der Waals surface area contributed by atoms with Crippen molar-refractivity contribution in [2.24, 2.45) is 5.92 Å². The zero-order valence-corrected chi connectivity index (χ0v) is 18.1. The van der Waals surface area contributed by atoms with Crippen LogP contribution in [0.15, 0.2) is 72.8 Å². The zero-order chi connectivity index (χ0) is 22.5. The van der Waals surface area contributed by atoms with Crippen molar-refractivity contribution >= 4 is 17.3 Å². The first kappa shape index (κ1) is 21.2. The Balaban J connectivity index is 1.44. The first-order chi connectivity index (χ1) is 15.3. The van der Waals surface area contributed by atoms with Crippen LogP contribution < -0.4 is 15.0 Å². The number of alkyl halides is 3. The fourth-order valence-corrected chi connectivity index (χ4v) is 4.76. The van der Waals surface area contributed by atoms with Crippen LogP contribution in [0.3, 0.4) is 0 Å². The maximum absolute atomic E-state index is 13.3. The number of hydrogen-bond donors (Lipinski definition) is 1. The first-order valence-electron chi connectivity index (χ1n) is 10.5. The van der Waals surface area contributed by atoms with Crippen molar-refractivity contribution in [2.45, 2.75) is 31.2 Å². The van der Waals surface area contributed by atoms with Gasteiger partial charge in [0, 0.05) is 17.3 Å². The maximum atomic E-state index is 13.3. The van der Waals surface area contributed by atoms with Gasteiger partial charge in [0.1, 0.15) is 11.5 Å². The van der Waals surface area contributed by atoms with Gasteiger partial charge in [-0.2, -0.15) is 13.2 Å². The van der Waals surface area contributed by atoms with E-state index in [1.807, 2.05) is 24.3 Å². The van der Waals surface area contributed by atoms with Crippen molar-refractivity contribution in [3.63, 3.8) is 0 Å². The van der Waals surface area contributed by atoms with Crippen LogP contribution >= 0.6 is 11.6 Å². The maximum Gasteiger partial charge on any atom is 0.416 e. The van der Waals surface area contributed by atoms with E-state index in [0.717, 1.165) is 18.2 Å². The normalized spacial score (nSPS) is 24.7. The van der Waals surface area contributed by atoms with Gasteiger partial charge in [-0.05, 0) is 78.6 Å². The Hall–Kier alpha value is -2.70. The molecule has 0 aromatic heterocycles. The van der Waals surface area contributed by atoms with Crippen LogP contribution in [0.4, 0.5) is 18.9 Å². The van der Waals surface area contributed by atoms with Crippen LogP contribution in [0, 0.1) is 5.92 Å². The summed E-state index contributed by atoms with van der Waals surface area (Å²) in [6.45, 7) is 2.75. The van der Waals surface area contributed by atoms with E-state index in [2.05, 4.69) is 17.1 Å². The Morgan fingerprint density at radius 1 is 1.00 bits per heavy atom. The van der Waals surface area contributed by atoms with Crippen molar-refractivity contribution in [2.75, 3.05) is 11.4 Å². The summed E-state index contributed by atoms with van der Waals surface area (Å²) in [7, 11) is 0. The molecular weight excluding hydrogens is 437 g/mol. The molecule has 1 saturated heterocycles. The third-order valence-electron chi connectivity index (χ3n) is 6.38. The molecule has 3 nitrogen and oxygen atoms in total. The van der Waals surface area contributed by atoms with E-state index in [0.29, 0.717) is 34.5 Å². The highest BCUT2D eigenvalue weighted by molar-refractivity contribution is 6.30. The lowest BCUT2D eigenvalue weighted by Gasteiger charge is -2.33. The summed E-state index contributed by atoms with van der Waals surface area (Å²) in [6, 6.07) is 20.3. The number of nitrogens with zero attached hydrogens (tertiary/aromatic N) is 1. The predicted molar refractivity (Wildman–Crippen MR) is 119 cm³/mol. The molecule has 1 spiro atoms. The minimum absolute atomic E-state index is 0.190. The summed E-state index contributed by atoms with van der Waals surface area (Å²) in [5.41, 5.74) is 0.763. The van der Waals surface area contributed by atoms with E-state index in [1.54, 1.807) is 30.3 Å². The van der Waals surface area contributed by atoms with Gasteiger partial charge in [-0.15, -0.1) is 0 Å². The van der Waals surface area contributed by atoms with Gasteiger partial charge in [0.15, 0.2) is 0 Å². The summed E-state index contributed by atoms with van der Waals surface area (Å²) in [5, 5.41) is 4.21. The Labute approximate surface area is 189 Å². The lowest BCUT2D eigenvalue weighted by molar-refractivity contribution is -0.137. The molecule has 3 atom stereocenters. The highest BCUT2D eigenvalue weighted by Gasteiger charge is 2.61. The van der Waals surface area contributed by atoms with E-state index >= 15 is 0 Å². The molecule has 3 aromatic carbocycles. The Morgan fingerprint density at radius 2 is 1.62 bits per heavy atom. The molecule has 1 N–H and O–H groups in total. The smallest absolute Gasteiger partial charge is 0.416 e. The van der Waals surface area contributed by atoms with E-state index in [1.165, 1.54) is 12.1 Å². The largest absolute Gasteiger partial charge is 0.457 e. The molecule has 7 heteroatoms. The van der Waals surface area contributed by atoms with Gasteiger partial charge < -0.3 is 9.64 Å². The molecule has 2 fully saturated rings. The molecule has 0 amide bonds. The predicted octanol–water partition coefficient (Wildman–Crippen LogP) is 7.04. The summed E-state index contributed by atoms with van der Waals surface area (Å²) in [6.07, 6.45) is -3.41. The number of ether oxygens (including phenoxy) is 1. The van der Waals surface area contributed by atoms with Crippen LogP contribution in [0.1, 0.15) is 30.5 Å².